The highest BCUT2D eigenvalue weighted by molar-refractivity contribution is 6.30. The molecule has 0 amide bonds. The van der Waals surface area contributed by atoms with Crippen LogP contribution < -0.4 is 5.90 Å². The van der Waals surface area contributed by atoms with E-state index in [1.165, 1.54) is 18.2 Å². The molecule has 0 saturated heterocycles. The van der Waals surface area contributed by atoms with E-state index in [-0.39, 0.29) is 24.8 Å². The molecule has 68 valence electrons. The molecule has 0 aliphatic heterocycles. The van der Waals surface area contributed by atoms with Crippen molar-refractivity contribution in [3.63, 3.8) is 0 Å². The number of nitrogens with two attached hydrogens (primary N) is 1. The lowest BCUT2D eigenvalue weighted by molar-refractivity contribution is 0.121. The van der Waals surface area contributed by atoms with Gasteiger partial charge < -0.3 is 0 Å². The highest BCUT2D eigenvalue weighted by Crippen LogP contribution is 2.14. The van der Waals surface area contributed by atoms with Gasteiger partial charge in [0.2, 0.25) is 0 Å². The Morgan fingerprint density at radius 3 is 2.75 bits per heavy atom. The predicted molar refractivity (Wildman–Crippen MR) is 47.6 cm³/mol. The van der Waals surface area contributed by atoms with Crippen molar-refractivity contribution in [2.24, 2.45) is 5.90 Å². The topological polar surface area (TPSA) is 35.2 Å². The van der Waals surface area contributed by atoms with Crippen LogP contribution in [0.4, 0.5) is 4.39 Å². The summed E-state index contributed by atoms with van der Waals surface area (Å²) in [5.41, 5.74) is 0.361. The first-order chi connectivity index (χ1) is 5.24. The largest absolute Gasteiger partial charge is 0.300 e. The summed E-state index contributed by atoms with van der Waals surface area (Å²) in [7, 11) is 0. The third-order valence-corrected chi connectivity index (χ3v) is 1.48. The van der Waals surface area contributed by atoms with Gasteiger partial charge in [0.25, 0.3) is 0 Å². The quantitative estimate of drug-likeness (QED) is 0.763. The third kappa shape index (κ3) is 2.95. The average molecular weight is 212 g/mol. The fourth-order valence-corrected chi connectivity index (χ4v) is 0.938. The molecule has 1 aromatic carbocycles. The van der Waals surface area contributed by atoms with Gasteiger partial charge in [0.05, 0.1) is 6.61 Å². The zero-order chi connectivity index (χ0) is 8.27. The van der Waals surface area contributed by atoms with Gasteiger partial charge >= 0.3 is 0 Å². The van der Waals surface area contributed by atoms with Crippen LogP contribution in [0.1, 0.15) is 5.56 Å². The summed E-state index contributed by atoms with van der Waals surface area (Å²) >= 11 is 5.59. The summed E-state index contributed by atoms with van der Waals surface area (Å²) in [6.45, 7) is 0.0341. The van der Waals surface area contributed by atoms with Gasteiger partial charge in [-0.3, -0.25) is 4.84 Å². The molecule has 2 nitrogen and oxygen atoms in total. The lowest BCUT2D eigenvalue weighted by atomic mass is 10.2. The van der Waals surface area contributed by atoms with Gasteiger partial charge in [-0.25, -0.2) is 10.3 Å². The van der Waals surface area contributed by atoms with E-state index in [0.717, 1.165) is 0 Å². The van der Waals surface area contributed by atoms with Crippen molar-refractivity contribution in [3.8, 4) is 0 Å². The lowest BCUT2D eigenvalue weighted by Crippen LogP contribution is -2.00. The first kappa shape index (κ1) is 11.6. The minimum atomic E-state index is -0.361. The molecule has 1 rings (SSSR count). The third-order valence-electron chi connectivity index (χ3n) is 1.25. The van der Waals surface area contributed by atoms with E-state index in [0.29, 0.717) is 10.6 Å². The molecule has 0 radical (unpaired) electrons. The molecule has 0 saturated carbocycles. The van der Waals surface area contributed by atoms with Gasteiger partial charge in [-0.05, 0) is 18.2 Å². The molecule has 1 aromatic rings. The van der Waals surface area contributed by atoms with Crippen molar-refractivity contribution in [2.45, 2.75) is 6.61 Å². The van der Waals surface area contributed by atoms with Gasteiger partial charge in [0.15, 0.2) is 0 Å². The van der Waals surface area contributed by atoms with Crippen LogP contribution in [0, 0.1) is 5.82 Å². The van der Waals surface area contributed by atoms with Crippen LogP contribution in [0.5, 0.6) is 0 Å². The molecular formula is C7H8Cl2FNO. The minimum absolute atomic E-state index is 0. The summed E-state index contributed by atoms with van der Waals surface area (Å²) in [4.78, 5) is 4.27. The molecule has 0 aliphatic carbocycles. The fourth-order valence-electron chi connectivity index (χ4n) is 0.744. The highest BCUT2D eigenvalue weighted by atomic mass is 35.5. The van der Waals surface area contributed by atoms with Gasteiger partial charge in [-0.15, -0.1) is 12.4 Å². The second-order valence-corrected chi connectivity index (χ2v) is 2.48. The zero-order valence-corrected chi connectivity index (χ0v) is 7.66. The van der Waals surface area contributed by atoms with Gasteiger partial charge in [0, 0.05) is 10.6 Å². The van der Waals surface area contributed by atoms with E-state index in [1.807, 2.05) is 0 Å². The molecule has 0 aromatic heterocycles. The number of benzene rings is 1. The summed E-state index contributed by atoms with van der Waals surface area (Å²) in [6.07, 6.45) is 0. The fraction of sp³-hybridized carbons (Fsp3) is 0.143. The van der Waals surface area contributed by atoms with Gasteiger partial charge in [-0.1, -0.05) is 11.6 Å². The Morgan fingerprint density at radius 2 is 2.17 bits per heavy atom. The Labute approximate surface area is 80.8 Å². The molecule has 0 fully saturated rings. The SMILES string of the molecule is Cl.NOCc1cc(Cl)ccc1F. The molecule has 0 aliphatic rings. The number of halogens is 3. The second-order valence-electron chi connectivity index (χ2n) is 2.05. The zero-order valence-electron chi connectivity index (χ0n) is 6.09. The van der Waals surface area contributed by atoms with Crippen LogP contribution >= 0.6 is 24.0 Å². The van der Waals surface area contributed by atoms with Crippen molar-refractivity contribution in [1.29, 1.82) is 0 Å². The first-order valence-electron chi connectivity index (χ1n) is 2.99. The van der Waals surface area contributed by atoms with Crippen molar-refractivity contribution in [2.75, 3.05) is 0 Å². The van der Waals surface area contributed by atoms with E-state index in [1.54, 1.807) is 0 Å². The predicted octanol–water partition coefficient (Wildman–Crippen LogP) is 2.29. The lowest BCUT2D eigenvalue weighted by Gasteiger charge is -2.00. The van der Waals surface area contributed by atoms with Crippen molar-refractivity contribution in [1.82, 2.24) is 0 Å². The summed E-state index contributed by atoms with van der Waals surface area (Å²) in [5, 5.41) is 0.471. The number of rotatable bonds is 2. The standard InChI is InChI=1S/C7H7ClFNO.ClH/c8-6-1-2-7(9)5(3-6)4-11-10;/h1-3H,4,10H2;1H. The van der Waals surface area contributed by atoms with Crippen LogP contribution in [-0.2, 0) is 11.4 Å². The number of hydrogen-bond acceptors (Lipinski definition) is 2. The Bertz CT molecular complexity index is 257. The summed E-state index contributed by atoms with van der Waals surface area (Å²) in [5.74, 6) is 4.41. The number of hydrogen-bond donors (Lipinski definition) is 1. The van der Waals surface area contributed by atoms with E-state index < -0.39 is 0 Å². The normalized spacial score (nSPS) is 9.25. The summed E-state index contributed by atoms with van der Waals surface area (Å²) < 4.78 is 12.8. The van der Waals surface area contributed by atoms with Crippen molar-refractivity contribution >= 4 is 24.0 Å². The van der Waals surface area contributed by atoms with Crippen LogP contribution in [0.3, 0.4) is 0 Å². The maximum atomic E-state index is 12.8. The van der Waals surface area contributed by atoms with Gasteiger partial charge in [0.1, 0.15) is 5.82 Å². The van der Waals surface area contributed by atoms with E-state index >= 15 is 0 Å². The molecule has 0 heterocycles. The van der Waals surface area contributed by atoms with E-state index in [4.69, 9.17) is 17.5 Å². The monoisotopic (exact) mass is 211 g/mol. The van der Waals surface area contributed by atoms with Crippen molar-refractivity contribution < 1.29 is 9.23 Å². The van der Waals surface area contributed by atoms with Crippen LogP contribution in [-0.4, -0.2) is 0 Å². The van der Waals surface area contributed by atoms with Crippen molar-refractivity contribution in [3.05, 3.63) is 34.6 Å². The van der Waals surface area contributed by atoms with Crippen LogP contribution in [0.25, 0.3) is 0 Å². The molecule has 2 N–H and O–H groups in total. The Morgan fingerprint density at radius 1 is 1.50 bits per heavy atom. The van der Waals surface area contributed by atoms with Crippen LogP contribution in [0.2, 0.25) is 5.02 Å². The maximum absolute atomic E-state index is 12.8. The molecule has 0 unspecified atom stereocenters. The van der Waals surface area contributed by atoms with Gasteiger partial charge in [-0.2, -0.15) is 0 Å². The molecule has 0 atom stereocenters. The molecular weight excluding hydrogens is 204 g/mol. The molecule has 0 spiro atoms. The summed E-state index contributed by atoms with van der Waals surface area (Å²) in [6, 6.07) is 4.22. The first-order valence-corrected chi connectivity index (χ1v) is 3.37. The maximum Gasteiger partial charge on any atom is 0.128 e. The molecule has 5 heteroatoms. The Hall–Kier alpha value is -0.350. The van der Waals surface area contributed by atoms with E-state index in [9.17, 15) is 4.39 Å². The minimum Gasteiger partial charge on any atom is -0.300 e. The Kier molecular flexibility index (Phi) is 5.17. The average Bonchev–Trinajstić information content (AvgIpc) is 1.98. The molecule has 12 heavy (non-hydrogen) atoms. The molecule has 0 bridgehead atoms. The second kappa shape index (κ2) is 5.32. The van der Waals surface area contributed by atoms with E-state index in [2.05, 4.69) is 4.84 Å². The smallest absolute Gasteiger partial charge is 0.128 e. The Balaban J connectivity index is 0.00000121. The van der Waals surface area contributed by atoms with Crippen LogP contribution in [0.15, 0.2) is 18.2 Å². The highest BCUT2D eigenvalue weighted by Gasteiger charge is 2.01.